The zero-order chi connectivity index (χ0) is 23.6. The molecule has 1 fully saturated rings. The molecule has 0 aromatic heterocycles. The Hall–Kier alpha value is -2.04. The molecule has 4 heteroatoms. The Kier molecular flexibility index (Phi) is 7.89. The zero-order valence-electron chi connectivity index (χ0n) is 21.4. The molecule has 4 nitrogen and oxygen atoms in total. The van der Waals surface area contributed by atoms with Gasteiger partial charge in [-0.2, -0.15) is 0 Å². The molecule has 2 radical (unpaired) electrons. The van der Waals surface area contributed by atoms with E-state index in [1.807, 2.05) is 6.92 Å². The van der Waals surface area contributed by atoms with E-state index in [9.17, 15) is 0 Å². The van der Waals surface area contributed by atoms with Crippen molar-refractivity contribution in [2.75, 3.05) is 16.6 Å². The molecule has 1 N–H and O–H groups in total. The molecule has 1 saturated heterocycles. The smallest absolute Gasteiger partial charge is 0.175 e. The first-order valence-corrected chi connectivity index (χ1v) is 12.2. The van der Waals surface area contributed by atoms with Gasteiger partial charge >= 0.3 is 0 Å². The maximum Gasteiger partial charge on any atom is 0.175 e. The number of hydrazine groups is 2. The first kappa shape index (κ1) is 24.6. The van der Waals surface area contributed by atoms with E-state index in [1.165, 1.54) is 33.6 Å². The van der Waals surface area contributed by atoms with Gasteiger partial charge in [-0.3, -0.25) is 10.0 Å². The molecule has 1 heterocycles. The summed E-state index contributed by atoms with van der Waals surface area (Å²) in [7, 11) is 0. The van der Waals surface area contributed by atoms with Crippen LogP contribution in [0, 0.1) is 6.54 Å². The lowest BCUT2D eigenvalue weighted by molar-refractivity contribution is 0.0895. The maximum atomic E-state index is 6.20. The number of benzene rings is 2. The Bertz CT molecular complexity index is 851. The molecule has 1 atom stereocenters. The van der Waals surface area contributed by atoms with Crippen LogP contribution in [0.15, 0.2) is 36.4 Å². The number of nitrogens with zero attached hydrogens (tertiary/aromatic N) is 2. The minimum atomic E-state index is -0.308. The summed E-state index contributed by atoms with van der Waals surface area (Å²) in [6.45, 7) is 24.3. The first-order valence-electron chi connectivity index (χ1n) is 12.2. The fourth-order valence-electron chi connectivity index (χ4n) is 4.47. The van der Waals surface area contributed by atoms with Crippen molar-refractivity contribution in [3.8, 4) is 0 Å². The topological polar surface area (TPSA) is 27.7 Å². The van der Waals surface area contributed by atoms with E-state index in [1.54, 1.807) is 0 Å². The zero-order valence-corrected chi connectivity index (χ0v) is 21.4. The average Bonchev–Trinajstić information content (AvgIpc) is 3.15. The molecular weight excluding hydrogens is 394 g/mol. The van der Waals surface area contributed by atoms with Crippen LogP contribution in [0.2, 0.25) is 0 Å². The first-order chi connectivity index (χ1) is 15.2. The molecule has 1 aliphatic rings. The highest BCUT2D eigenvalue weighted by molar-refractivity contribution is 5.68. The van der Waals surface area contributed by atoms with Crippen LogP contribution in [0.1, 0.15) is 108 Å². The van der Waals surface area contributed by atoms with Gasteiger partial charge in [-0.05, 0) is 52.8 Å². The van der Waals surface area contributed by atoms with Crippen molar-refractivity contribution in [2.45, 2.75) is 92.2 Å². The minimum Gasteiger partial charge on any atom is -0.354 e. The number of nitrogens with one attached hydrogen (secondary N) is 1. The second kappa shape index (κ2) is 10.3. The third-order valence-electron chi connectivity index (χ3n) is 6.16. The summed E-state index contributed by atoms with van der Waals surface area (Å²) in [6.07, 6.45) is -0.308. The molecule has 0 amide bonds. The molecule has 0 aliphatic carbocycles. The van der Waals surface area contributed by atoms with Crippen LogP contribution in [-0.2, 0) is 4.74 Å². The van der Waals surface area contributed by atoms with Gasteiger partial charge in [0.15, 0.2) is 12.8 Å². The van der Waals surface area contributed by atoms with Crippen molar-refractivity contribution in [2.24, 2.45) is 0 Å². The van der Waals surface area contributed by atoms with E-state index in [2.05, 4.69) is 114 Å². The molecule has 2 aromatic carbocycles. The summed E-state index contributed by atoms with van der Waals surface area (Å²) in [5.41, 5.74) is 11.3. The molecule has 1 aliphatic heterocycles. The van der Waals surface area contributed by atoms with Gasteiger partial charge in [0, 0.05) is 6.61 Å². The number of anilines is 2. The van der Waals surface area contributed by atoms with Crippen molar-refractivity contribution in [1.82, 2.24) is 5.53 Å². The van der Waals surface area contributed by atoms with Gasteiger partial charge in [0.25, 0.3) is 0 Å². The number of hydrogen-bond acceptors (Lipinski definition) is 4. The normalized spacial score (nSPS) is 17.0. The largest absolute Gasteiger partial charge is 0.354 e. The third-order valence-corrected chi connectivity index (χ3v) is 6.16. The van der Waals surface area contributed by atoms with Crippen molar-refractivity contribution in [3.63, 3.8) is 0 Å². The Balaban J connectivity index is 2.14. The van der Waals surface area contributed by atoms with E-state index in [4.69, 9.17) is 4.74 Å². The predicted octanol–water partition coefficient (Wildman–Crippen LogP) is 7.33. The van der Waals surface area contributed by atoms with Crippen LogP contribution in [0.4, 0.5) is 11.4 Å². The van der Waals surface area contributed by atoms with Gasteiger partial charge < -0.3 is 4.74 Å². The highest BCUT2D eigenvalue weighted by Crippen LogP contribution is 2.41. The Morgan fingerprint density at radius 3 is 1.53 bits per heavy atom. The molecule has 0 spiro atoms. The number of ether oxygens (including phenoxy) is 1. The van der Waals surface area contributed by atoms with Crippen LogP contribution in [0.25, 0.3) is 0 Å². The summed E-state index contributed by atoms with van der Waals surface area (Å²) < 4.78 is 6.20. The van der Waals surface area contributed by atoms with E-state index < -0.39 is 0 Å². The predicted molar refractivity (Wildman–Crippen MR) is 136 cm³/mol. The highest BCUT2D eigenvalue weighted by atomic mass is 16.5. The molecule has 0 saturated carbocycles. The monoisotopic (exact) mass is 435 g/mol. The van der Waals surface area contributed by atoms with Crippen molar-refractivity contribution >= 4 is 11.4 Å². The molecule has 3 rings (SSSR count). The Morgan fingerprint density at radius 1 is 0.750 bits per heavy atom. The molecule has 32 heavy (non-hydrogen) atoms. The summed E-state index contributed by atoms with van der Waals surface area (Å²) >= 11 is 0. The summed E-state index contributed by atoms with van der Waals surface area (Å²) in [5, 5.41) is 4.25. The van der Waals surface area contributed by atoms with Crippen molar-refractivity contribution in [1.29, 1.82) is 0 Å². The quantitative estimate of drug-likeness (QED) is 0.470. The number of rotatable bonds is 8. The highest BCUT2D eigenvalue weighted by Gasteiger charge is 2.37. The van der Waals surface area contributed by atoms with Crippen molar-refractivity contribution < 1.29 is 4.74 Å². The lowest BCUT2D eigenvalue weighted by Gasteiger charge is -2.32. The minimum absolute atomic E-state index is 0.308. The molecule has 2 aromatic rings. The number of hydrogen-bond donors (Lipinski definition) is 1. The summed E-state index contributed by atoms with van der Waals surface area (Å²) in [4.78, 5) is 0. The lowest BCUT2D eigenvalue weighted by Crippen LogP contribution is -2.44. The van der Waals surface area contributed by atoms with E-state index in [0.29, 0.717) is 30.3 Å². The summed E-state index contributed by atoms with van der Waals surface area (Å²) in [6, 6.07) is 13.3. The van der Waals surface area contributed by atoms with Gasteiger partial charge in [-0.25, -0.2) is 0 Å². The molecular formula is C28H41N3O. The Morgan fingerprint density at radius 2 is 1.16 bits per heavy atom. The third kappa shape index (κ3) is 4.82. The van der Waals surface area contributed by atoms with Gasteiger partial charge in [0.1, 0.15) is 0 Å². The number of para-hydroxylation sites is 2. The van der Waals surface area contributed by atoms with Gasteiger partial charge in [-0.15, -0.1) is 5.53 Å². The van der Waals surface area contributed by atoms with E-state index >= 15 is 0 Å². The van der Waals surface area contributed by atoms with Crippen LogP contribution in [0.5, 0.6) is 0 Å². The molecule has 1 unspecified atom stereocenters. The maximum absolute atomic E-state index is 6.20. The lowest BCUT2D eigenvalue weighted by atomic mass is 9.92. The van der Waals surface area contributed by atoms with Gasteiger partial charge in [0.05, 0.1) is 11.4 Å². The van der Waals surface area contributed by atoms with Gasteiger partial charge in [-0.1, -0.05) is 91.8 Å². The fraction of sp³-hybridized carbons (Fsp3) is 0.536. The van der Waals surface area contributed by atoms with E-state index in [0.717, 1.165) is 0 Å². The van der Waals surface area contributed by atoms with Gasteiger partial charge in [0.2, 0.25) is 0 Å². The van der Waals surface area contributed by atoms with Crippen LogP contribution >= 0.6 is 0 Å². The summed E-state index contributed by atoms with van der Waals surface area (Å²) in [5.74, 6) is 1.61. The fourth-order valence-corrected chi connectivity index (χ4v) is 4.47. The second-order valence-corrected chi connectivity index (χ2v) is 9.93. The standard InChI is InChI=1S/C28H41N3O/c1-10-32-26-17-30(27-22(18(2)3)13-11-14-23(27)19(4)5)29-31(26)28-24(20(6)7)15-12-16-25(28)21(8)9/h11-16,18-21,26,29H,10H2,1-9H3. The molecule has 0 bridgehead atoms. The SMILES string of the molecule is CCOC1[C]N(c2c(C(C)C)cccc2C(C)C)NN1c1c(C(C)C)cccc1C(C)C. The Labute approximate surface area is 195 Å². The van der Waals surface area contributed by atoms with E-state index in [-0.39, 0.29) is 6.23 Å². The van der Waals surface area contributed by atoms with Crippen molar-refractivity contribution in [3.05, 3.63) is 65.2 Å². The van der Waals surface area contributed by atoms with Crippen LogP contribution in [-0.4, -0.2) is 12.8 Å². The second-order valence-electron chi connectivity index (χ2n) is 9.93. The molecule has 174 valence electrons. The van der Waals surface area contributed by atoms with Crippen LogP contribution in [0.3, 0.4) is 0 Å². The average molecular weight is 436 g/mol. The van der Waals surface area contributed by atoms with Crippen LogP contribution < -0.4 is 15.6 Å².